The number of nitrogens with one attached hydrogen (secondary N) is 1. The zero-order valence-electron chi connectivity index (χ0n) is 10.5. The van der Waals surface area contributed by atoms with E-state index >= 15 is 0 Å². The molecule has 1 heterocycles. The summed E-state index contributed by atoms with van der Waals surface area (Å²) in [6.45, 7) is 4.14. The third kappa shape index (κ3) is 2.61. The molecule has 0 fully saturated rings. The lowest BCUT2D eigenvalue weighted by atomic mass is 10.1. The molecular weight excluding hydrogens is 210 g/mol. The summed E-state index contributed by atoms with van der Waals surface area (Å²) in [6, 6.07) is 10.5. The van der Waals surface area contributed by atoms with Crippen LogP contribution in [0, 0.1) is 6.92 Å². The molecule has 0 saturated carbocycles. The van der Waals surface area contributed by atoms with E-state index < -0.39 is 0 Å². The zero-order chi connectivity index (χ0) is 12.3. The molecule has 88 valence electrons. The summed E-state index contributed by atoms with van der Waals surface area (Å²) in [4.78, 5) is 8.77. The van der Waals surface area contributed by atoms with Gasteiger partial charge in [0.15, 0.2) is 0 Å². The van der Waals surface area contributed by atoms with Gasteiger partial charge >= 0.3 is 0 Å². The highest BCUT2D eigenvalue weighted by molar-refractivity contribution is 5.61. The molecule has 0 aliphatic carbocycles. The molecule has 0 unspecified atom stereocenters. The lowest BCUT2D eigenvalue weighted by Crippen LogP contribution is -1.99. The minimum Gasteiger partial charge on any atom is -0.357 e. The summed E-state index contributed by atoms with van der Waals surface area (Å²) in [5, 5.41) is 2.98. The molecule has 17 heavy (non-hydrogen) atoms. The van der Waals surface area contributed by atoms with Gasteiger partial charge in [-0.25, -0.2) is 9.97 Å². The van der Waals surface area contributed by atoms with E-state index in [0.29, 0.717) is 5.95 Å². The predicted molar refractivity (Wildman–Crippen MR) is 71.1 cm³/mol. The Balaban J connectivity index is 2.47. The van der Waals surface area contributed by atoms with Crippen molar-refractivity contribution in [3.8, 4) is 11.3 Å². The van der Waals surface area contributed by atoms with E-state index in [0.717, 1.165) is 23.4 Å². The molecule has 0 bridgehead atoms. The normalized spacial score (nSPS) is 10.3. The molecule has 0 aliphatic heterocycles. The Morgan fingerprint density at radius 2 is 2.00 bits per heavy atom. The van der Waals surface area contributed by atoms with Gasteiger partial charge in [-0.2, -0.15) is 0 Å². The molecule has 0 amide bonds. The van der Waals surface area contributed by atoms with E-state index in [9.17, 15) is 0 Å². The highest BCUT2D eigenvalue weighted by Gasteiger charge is 2.04. The second-order valence-corrected chi connectivity index (χ2v) is 4.02. The maximum Gasteiger partial charge on any atom is 0.223 e. The SMILES string of the molecule is CCc1cccc(-c2cc(C)nc(NC)n2)c1. The number of benzene rings is 1. The molecule has 0 radical (unpaired) electrons. The van der Waals surface area contributed by atoms with E-state index in [-0.39, 0.29) is 0 Å². The van der Waals surface area contributed by atoms with Crippen molar-refractivity contribution in [1.82, 2.24) is 9.97 Å². The van der Waals surface area contributed by atoms with E-state index in [2.05, 4.69) is 46.5 Å². The van der Waals surface area contributed by atoms with Crippen molar-refractivity contribution in [2.45, 2.75) is 20.3 Å². The van der Waals surface area contributed by atoms with Gasteiger partial charge in [0.05, 0.1) is 5.69 Å². The van der Waals surface area contributed by atoms with Crippen molar-refractivity contribution in [2.24, 2.45) is 0 Å². The highest BCUT2D eigenvalue weighted by atomic mass is 15.1. The van der Waals surface area contributed by atoms with Crippen LogP contribution in [0.5, 0.6) is 0 Å². The molecule has 3 heteroatoms. The highest BCUT2D eigenvalue weighted by Crippen LogP contribution is 2.20. The average molecular weight is 227 g/mol. The van der Waals surface area contributed by atoms with Crippen molar-refractivity contribution in [1.29, 1.82) is 0 Å². The molecule has 0 saturated heterocycles. The topological polar surface area (TPSA) is 37.8 Å². The summed E-state index contributed by atoms with van der Waals surface area (Å²) < 4.78 is 0. The van der Waals surface area contributed by atoms with Crippen molar-refractivity contribution in [3.63, 3.8) is 0 Å². The van der Waals surface area contributed by atoms with Crippen LogP contribution in [-0.4, -0.2) is 17.0 Å². The first-order chi connectivity index (χ1) is 8.22. The van der Waals surface area contributed by atoms with Gasteiger partial charge in [0, 0.05) is 18.3 Å². The average Bonchev–Trinajstić information content (AvgIpc) is 2.38. The number of anilines is 1. The van der Waals surface area contributed by atoms with Crippen LogP contribution < -0.4 is 5.32 Å². The van der Waals surface area contributed by atoms with E-state index in [1.807, 2.05) is 20.0 Å². The summed E-state index contributed by atoms with van der Waals surface area (Å²) >= 11 is 0. The van der Waals surface area contributed by atoms with Gasteiger partial charge in [0.1, 0.15) is 0 Å². The third-order valence-corrected chi connectivity index (χ3v) is 2.71. The molecule has 2 aromatic rings. The second-order valence-electron chi connectivity index (χ2n) is 4.02. The standard InChI is InChI=1S/C14H17N3/c1-4-11-6-5-7-12(9-11)13-8-10(2)16-14(15-3)17-13/h5-9H,4H2,1-3H3,(H,15,16,17). The fourth-order valence-electron chi connectivity index (χ4n) is 1.78. The first kappa shape index (κ1) is 11.6. The van der Waals surface area contributed by atoms with Crippen LogP contribution in [0.4, 0.5) is 5.95 Å². The van der Waals surface area contributed by atoms with Gasteiger partial charge in [0.2, 0.25) is 5.95 Å². The molecule has 3 nitrogen and oxygen atoms in total. The van der Waals surface area contributed by atoms with Crippen molar-refractivity contribution < 1.29 is 0 Å². The van der Waals surface area contributed by atoms with Crippen molar-refractivity contribution in [2.75, 3.05) is 12.4 Å². The number of rotatable bonds is 3. The van der Waals surface area contributed by atoms with Crippen LogP contribution in [0.2, 0.25) is 0 Å². The van der Waals surface area contributed by atoms with Crippen molar-refractivity contribution >= 4 is 5.95 Å². The van der Waals surface area contributed by atoms with Crippen LogP contribution in [0.3, 0.4) is 0 Å². The van der Waals surface area contributed by atoms with Crippen LogP contribution in [-0.2, 0) is 6.42 Å². The van der Waals surface area contributed by atoms with E-state index in [1.165, 1.54) is 5.56 Å². The third-order valence-electron chi connectivity index (χ3n) is 2.71. The van der Waals surface area contributed by atoms with E-state index in [1.54, 1.807) is 0 Å². The Bertz CT molecular complexity index is 521. The molecule has 0 spiro atoms. The van der Waals surface area contributed by atoms with Gasteiger partial charge in [0.25, 0.3) is 0 Å². The molecule has 2 rings (SSSR count). The Kier molecular flexibility index (Phi) is 3.38. The second kappa shape index (κ2) is 4.95. The zero-order valence-corrected chi connectivity index (χ0v) is 10.5. The molecule has 0 aliphatic rings. The van der Waals surface area contributed by atoms with E-state index in [4.69, 9.17) is 0 Å². The quantitative estimate of drug-likeness (QED) is 0.875. The first-order valence-electron chi connectivity index (χ1n) is 5.85. The molecule has 1 aromatic heterocycles. The predicted octanol–water partition coefficient (Wildman–Crippen LogP) is 3.06. The number of hydrogen-bond donors (Lipinski definition) is 1. The Morgan fingerprint density at radius 1 is 1.18 bits per heavy atom. The minimum atomic E-state index is 0.668. The lowest BCUT2D eigenvalue weighted by Gasteiger charge is -2.06. The van der Waals surface area contributed by atoms with Crippen molar-refractivity contribution in [3.05, 3.63) is 41.6 Å². The Morgan fingerprint density at radius 3 is 2.71 bits per heavy atom. The summed E-state index contributed by atoms with van der Waals surface area (Å²) in [5.41, 5.74) is 4.41. The summed E-state index contributed by atoms with van der Waals surface area (Å²) in [5.74, 6) is 0.668. The number of hydrogen-bond acceptors (Lipinski definition) is 3. The summed E-state index contributed by atoms with van der Waals surface area (Å²) in [7, 11) is 1.83. The van der Waals surface area contributed by atoms with Gasteiger partial charge in [-0.05, 0) is 31.0 Å². The largest absolute Gasteiger partial charge is 0.357 e. The van der Waals surface area contributed by atoms with Gasteiger partial charge < -0.3 is 5.32 Å². The Hall–Kier alpha value is -1.90. The molecule has 0 atom stereocenters. The van der Waals surface area contributed by atoms with Gasteiger partial charge in [-0.3, -0.25) is 0 Å². The molecular formula is C14H17N3. The Labute approximate surface area is 102 Å². The smallest absolute Gasteiger partial charge is 0.223 e. The number of aromatic nitrogens is 2. The molecule has 1 aromatic carbocycles. The molecule has 1 N–H and O–H groups in total. The van der Waals surface area contributed by atoms with Crippen LogP contribution in [0.15, 0.2) is 30.3 Å². The van der Waals surface area contributed by atoms with Crippen LogP contribution in [0.1, 0.15) is 18.2 Å². The fraction of sp³-hybridized carbons (Fsp3) is 0.286. The van der Waals surface area contributed by atoms with Crippen LogP contribution in [0.25, 0.3) is 11.3 Å². The summed E-state index contributed by atoms with van der Waals surface area (Å²) in [6.07, 6.45) is 1.04. The van der Waals surface area contributed by atoms with Gasteiger partial charge in [-0.1, -0.05) is 25.1 Å². The minimum absolute atomic E-state index is 0.668. The maximum absolute atomic E-state index is 4.48. The van der Waals surface area contributed by atoms with Gasteiger partial charge in [-0.15, -0.1) is 0 Å². The number of aryl methyl sites for hydroxylation is 2. The monoisotopic (exact) mass is 227 g/mol. The lowest BCUT2D eigenvalue weighted by molar-refractivity contribution is 1.09. The first-order valence-corrected chi connectivity index (χ1v) is 5.85. The van der Waals surface area contributed by atoms with Crippen LogP contribution >= 0.6 is 0 Å². The fourth-order valence-corrected chi connectivity index (χ4v) is 1.78. The number of nitrogens with zero attached hydrogens (tertiary/aromatic N) is 2. The maximum atomic E-state index is 4.48.